The highest BCUT2D eigenvalue weighted by molar-refractivity contribution is 5.75. The number of methoxy groups -OCH3 is 2. The minimum absolute atomic E-state index is 0.0108. The highest BCUT2D eigenvalue weighted by Gasteiger charge is 2.12. The zero-order valence-corrected chi connectivity index (χ0v) is 12.8. The number of carbonyl (C=O) groups is 1. The number of benzene rings is 1. The van der Waals surface area contributed by atoms with Crippen molar-refractivity contribution in [3.05, 3.63) is 23.8 Å². The van der Waals surface area contributed by atoms with E-state index >= 15 is 0 Å². The van der Waals surface area contributed by atoms with Crippen molar-refractivity contribution in [1.82, 2.24) is 5.32 Å². The van der Waals surface area contributed by atoms with E-state index < -0.39 is 6.10 Å². The first-order valence-corrected chi connectivity index (χ1v) is 6.89. The first kappa shape index (κ1) is 17.3. The summed E-state index contributed by atoms with van der Waals surface area (Å²) in [5, 5.41) is 12.8. The van der Waals surface area contributed by atoms with Gasteiger partial charge in [-0.3, -0.25) is 4.79 Å². The van der Waals surface area contributed by atoms with Gasteiger partial charge in [-0.2, -0.15) is 0 Å². The quantitative estimate of drug-likeness (QED) is 0.665. The third-order valence-electron chi connectivity index (χ3n) is 3.08. The van der Waals surface area contributed by atoms with Crippen LogP contribution >= 0.6 is 0 Å². The molecular weight excluding hydrogens is 272 g/mol. The van der Waals surface area contributed by atoms with Crippen LogP contribution in [0.25, 0.3) is 0 Å². The lowest BCUT2D eigenvalue weighted by Gasteiger charge is -2.15. The molecule has 1 rings (SSSR count). The van der Waals surface area contributed by atoms with Crippen LogP contribution in [0.15, 0.2) is 18.2 Å². The lowest BCUT2D eigenvalue weighted by molar-refractivity contribution is -0.121. The van der Waals surface area contributed by atoms with Crippen molar-refractivity contribution < 1.29 is 19.4 Å². The molecule has 0 bridgehead atoms. The van der Waals surface area contributed by atoms with Gasteiger partial charge in [0.25, 0.3) is 0 Å². The Morgan fingerprint density at radius 1 is 1.29 bits per heavy atom. The maximum Gasteiger partial charge on any atom is 0.220 e. The van der Waals surface area contributed by atoms with E-state index in [1.165, 1.54) is 0 Å². The van der Waals surface area contributed by atoms with E-state index in [4.69, 9.17) is 15.2 Å². The summed E-state index contributed by atoms with van der Waals surface area (Å²) in [6.07, 6.45) is 0.147. The first-order valence-electron chi connectivity index (χ1n) is 6.89. The molecule has 0 fully saturated rings. The van der Waals surface area contributed by atoms with Crippen molar-refractivity contribution in [2.24, 2.45) is 5.73 Å². The monoisotopic (exact) mass is 296 g/mol. The number of hydrogen-bond donors (Lipinski definition) is 3. The molecule has 0 heterocycles. The molecule has 0 aliphatic carbocycles. The van der Waals surface area contributed by atoms with E-state index in [-0.39, 0.29) is 18.5 Å². The van der Waals surface area contributed by atoms with E-state index in [9.17, 15) is 9.90 Å². The average Bonchev–Trinajstić information content (AvgIpc) is 2.49. The van der Waals surface area contributed by atoms with Gasteiger partial charge >= 0.3 is 0 Å². The molecule has 6 nitrogen and oxygen atoms in total. The molecule has 2 unspecified atom stereocenters. The summed E-state index contributed by atoms with van der Waals surface area (Å²) in [5.41, 5.74) is 6.22. The van der Waals surface area contributed by atoms with Crippen LogP contribution in [0.1, 0.15) is 31.4 Å². The molecule has 0 saturated heterocycles. The van der Waals surface area contributed by atoms with Crippen LogP contribution in [0.3, 0.4) is 0 Å². The van der Waals surface area contributed by atoms with Gasteiger partial charge in [-0.25, -0.2) is 0 Å². The maximum atomic E-state index is 11.6. The predicted molar refractivity (Wildman–Crippen MR) is 80.4 cm³/mol. The Hall–Kier alpha value is -1.79. The van der Waals surface area contributed by atoms with Crippen LogP contribution in [-0.2, 0) is 4.79 Å². The van der Waals surface area contributed by atoms with Crippen LogP contribution in [0.4, 0.5) is 0 Å². The highest BCUT2D eigenvalue weighted by atomic mass is 16.5. The number of nitrogens with one attached hydrogen (secondary N) is 1. The van der Waals surface area contributed by atoms with Crippen molar-refractivity contribution >= 4 is 5.91 Å². The molecule has 4 N–H and O–H groups in total. The molecule has 0 aliphatic rings. The molecule has 0 spiro atoms. The second-order valence-electron chi connectivity index (χ2n) is 4.98. The van der Waals surface area contributed by atoms with Gasteiger partial charge in [0.15, 0.2) is 0 Å². The number of ether oxygens (including phenoxy) is 2. The smallest absolute Gasteiger partial charge is 0.220 e. The molecule has 21 heavy (non-hydrogen) atoms. The fourth-order valence-electron chi connectivity index (χ4n) is 1.80. The van der Waals surface area contributed by atoms with Gasteiger partial charge in [0.2, 0.25) is 5.91 Å². The van der Waals surface area contributed by atoms with Crippen molar-refractivity contribution in [2.75, 3.05) is 20.8 Å². The number of aliphatic hydroxyl groups excluding tert-OH is 1. The van der Waals surface area contributed by atoms with E-state index in [2.05, 4.69) is 5.32 Å². The highest BCUT2D eigenvalue weighted by Crippen LogP contribution is 2.26. The van der Waals surface area contributed by atoms with Crippen LogP contribution in [0, 0.1) is 0 Å². The second-order valence-corrected chi connectivity index (χ2v) is 4.98. The van der Waals surface area contributed by atoms with E-state index in [1.807, 2.05) is 6.92 Å². The first-order chi connectivity index (χ1) is 9.96. The predicted octanol–water partition coefficient (Wildman–Crippen LogP) is 0.981. The summed E-state index contributed by atoms with van der Waals surface area (Å²) in [4.78, 5) is 11.6. The summed E-state index contributed by atoms with van der Waals surface area (Å²) in [7, 11) is 3.08. The second kappa shape index (κ2) is 8.49. The zero-order valence-electron chi connectivity index (χ0n) is 12.8. The summed E-state index contributed by atoms with van der Waals surface area (Å²) < 4.78 is 10.3. The molecule has 0 saturated carbocycles. The number of rotatable bonds is 8. The number of carbonyl (C=O) groups excluding carboxylic acids is 1. The Balaban J connectivity index is 2.58. The van der Waals surface area contributed by atoms with Crippen LogP contribution in [0.2, 0.25) is 0 Å². The Morgan fingerprint density at radius 3 is 2.33 bits per heavy atom. The molecule has 1 aromatic carbocycles. The fourth-order valence-corrected chi connectivity index (χ4v) is 1.80. The topological polar surface area (TPSA) is 93.8 Å². The molecule has 0 aliphatic heterocycles. The molecule has 1 amide bonds. The van der Waals surface area contributed by atoms with Gasteiger partial charge in [-0.05, 0) is 31.0 Å². The normalized spacial score (nSPS) is 13.4. The number of nitrogens with two attached hydrogens (primary N) is 1. The fraction of sp³-hybridized carbons (Fsp3) is 0.533. The summed E-state index contributed by atoms with van der Waals surface area (Å²) in [6.45, 7) is 1.98. The van der Waals surface area contributed by atoms with Crippen LogP contribution < -0.4 is 20.5 Å². The number of hydrogen-bond acceptors (Lipinski definition) is 5. The van der Waals surface area contributed by atoms with Gasteiger partial charge < -0.3 is 25.6 Å². The van der Waals surface area contributed by atoms with Crippen molar-refractivity contribution in [3.8, 4) is 11.5 Å². The van der Waals surface area contributed by atoms with Gasteiger partial charge in [-0.1, -0.05) is 0 Å². The summed E-state index contributed by atoms with van der Waals surface area (Å²) >= 11 is 0. The van der Waals surface area contributed by atoms with Gasteiger partial charge in [0.05, 0.1) is 20.3 Å². The lowest BCUT2D eigenvalue weighted by Crippen LogP contribution is -2.29. The Labute approximate surface area is 125 Å². The Kier molecular flexibility index (Phi) is 6.98. The Bertz CT molecular complexity index is 441. The molecule has 2 atom stereocenters. The SMILES string of the molecule is COc1cc(OC)cc(C(O)CNC(=O)CCC(C)N)c1. The van der Waals surface area contributed by atoms with Crippen molar-refractivity contribution in [2.45, 2.75) is 31.9 Å². The summed E-state index contributed by atoms with van der Waals surface area (Å²) in [6, 6.07) is 5.13. The number of aliphatic hydroxyl groups is 1. The van der Waals surface area contributed by atoms with Crippen molar-refractivity contribution in [3.63, 3.8) is 0 Å². The number of amides is 1. The lowest BCUT2D eigenvalue weighted by atomic mass is 10.1. The largest absolute Gasteiger partial charge is 0.497 e. The third kappa shape index (κ3) is 6.01. The molecule has 1 aromatic rings. The minimum atomic E-state index is -0.826. The van der Waals surface area contributed by atoms with Crippen LogP contribution in [-0.4, -0.2) is 37.8 Å². The zero-order chi connectivity index (χ0) is 15.8. The molecule has 0 aromatic heterocycles. The van der Waals surface area contributed by atoms with Gasteiger partial charge in [0.1, 0.15) is 11.5 Å². The van der Waals surface area contributed by atoms with E-state index in [1.54, 1.807) is 32.4 Å². The third-order valence-corrected chi connectivity index (χ3v) is 3.08. The average molecular weight is 296 g/mol. The van der Waals surface area contributed by atoms with Gasteiger partial charge in [-0.15, -0.1) is 0 Å². The summed E-state index contributed by atoms with van der Waals surface area (Å²) in [5.74, 6) is 1.06. The van der Waals surface area contributed by atoms with E-state index in [0.717, 1.165) is 0 Å². The van der Waals surface area contributed by atoms with Gasteiger partial charge in [0, 0.05) is 25.1 Å². The Morgan fingerprint density at radius 2 is 1.86 bits per heavy atom. The molecular formula is C15H24N2O4. The minimum Gasteiger partial charge on any atom is -0.497 e. The van der Waals surface area contributed by atoms with Crippen molar-refractivity contribution in [1.29, 1.82) is 0 Å². The molecule has 0 radical (unpaired) electrons. The van der Waals surface area contributed by atoms with E-state index in [0.29, 0.717) is 29.9 Å². The molecule has 118 valence electrons. The van der Waals surface area contributed by atoms with Crippen LogP contribution in [0.5, 0.6) is 11.5 Å². The molecule has 6 heteroatoms. The standard InChI is InChI=1S/C15H24N2O4/c1-10(16)4-5-15(19)17-9-14(18)11-6-12(20-2)8-13(7-11)21-3/h6-8,10,14,18H,4-5,9,16H2,1-3H3,(H,17,19). The maximum absolute atomic E-state index is 11.6.